The number of aromatic amines is 1. The average molecular weight is 1980 g/mol. The van der Waals surface area contributed by atoms with Gasteiger partial charge in [-0.15, -0.1) is 0 Å². The largest absolute Gasteiger partial charge is 1.00 e. The van der Waals surface area contributed by atoms with Crippen LogP contribution in [0, 0.1) is 0 Å². The summed E-state index contributed by atoms with van der Waals surface area (Å²) in [6.07, 6.45) is 6.01. The van der Waals surface area contributed by atoms with Gasteiger partial charge in [0.05, 0.1) is 37.3 Å². The fourth-order valence-corrected chi connectivity index (χ4v) is 17.6. The molecular weight excluding hydrogens is 1890 g/mol. The fraction of sp³-hybridized carbons (Fsp3) is 0.371. The number of ether oxygens (including phenoxy) is 5. The molecule has 8 aromatic carbocycles. The Hall–Kier alpha value is -7.13. The van der Waals surface area contributed by atoms with Crippen molar-refractivity contribution in [2.75, 3.05) is 39.3 Å². The van der Waals surface area contributed by atoms with Crippen LogP contribution >= 0.6 is 114 Å². The van der Waals surface area contributed by atoms with Gasteiger partial charge in [0, 0.05) is 175 Å². The number of amides is 3. The quantitative estimate of drug-likeness (QED) is 0.0216. The van der Waals surface area contributed by atoms with E-state index in [0.29, 0.717) is 49.8 Å². The molecule has 0 bridgehead atoms. The van der Waals surface area contributed by atoms with E-state index < -0.39 is 91.8 Å². The maximum absolute atomic E-state index is 12.9. The number of H-pyrrole nitrogens is 1. The number of halogens is 10. The molecule has 3 saturated heterocycles. The molecule has 0 spiro atoms. The molecule has 0 saturated carbocycles. The predicted octanol–water partition coefficient (Wildman–Crippen LogP) is 22.9. The number of aromatic nitrogens is 4. The number of benzene rings is 8. The number of β-amino-alcohol motifs (C(OH)–C–C–N with tert-alkyl or cyclic N) is 1. The smallest absolute Gasteiger partial charge is 0.444 e. The van der Waals surface area contributed by atoms with Crippen molar-refractivity contribution in [2.24, 2.45) is 0 Å². The van der Waals surface area contributed by atoms with Crippen molar-refractivity contribution >= 4 is 246 Å². The Kier molecular flexibility index (Phi) is 34.9. The Morgan fingerprint density at radius 2 is 0.803 bits per heavy atom. The standard InChI is InChI=1S/C22H22Cl2N2O5S.C22H24Cl2N2O4.C22H22Cl2N2O2.C12H7Cl2N.C11H18O3.Cl2OS.N3.Na/c1-22(2,3)29-21(27)25-10-18(20-19(11-25)30-32(28)31-20)26-16-6-4-12(23)8-14(16)15-9-13(24)5-7-17(15)26;1-22(2,3)30-21(29)25-10-18(20(28)19(27)11-25)26-16-6-4-12(23)8-14(16)15-9-13(24)5-7-17(15)26;1-22(2,3)28-21(27)25-10-4-5-16(13-25)26-19-8-6-14(23)11-17(19)18-12-15(24)7-9-20(18)26;13-7-1-3-11-9(5-7)10-6-8(14)2-4-12(10)15-11;1-11(2,3)14-10(12)13-9-7-5-4-6-8-9;1-4(2)3;1-3-2;/h4-9,18-20H,10-11H2,1-3H3;4-9,18-20,27-28H,10-11H2,1-3H3;4-9,11-12,16H,10,13H2,1-3H3;1-6,15H;5,7,9H,4,6,8H2,1-3H3;;;/q;;;;;;-1;+1/t18-,19-,20+,32?;18-,19-,20+;16-;;;;;/m001...../s1. The monoisotopic (exact) mass is 1980 g/mol. The number of fused-ring (bicyclic) bond motifs is 13. The summed E-state index contributed by atoms with van der Waals surface area (Å²) in [4.78, 5) is 59.0. The number of piperidine rings is 2. The van der Waals surface area contributed by atoms with Gasteiger partial charge in [0.2, 0.25) is 9.23 Å². The summed E-state index contributed by atoms with van der Waals surface area (Å²) in [5.41, 5.74) is 19.0. The number of nitrogens with one attached hydrogen (secondary N) is 1. The van der Waals surface area contributed by atoms with Crippen molar-refractivity contribution in [2.45, 2.75) is 173 Å². The number of aliphatic hydroxyl groups excluding tert-OH is 2. The molecule has 3 N–H and O–H groups in total. The second-order valence-corrected chi connectivity index (χ2v) is 40.9. The zero-order chi connectivity index (χ0) is 91.9. The minimum Gasteiger partial charge on any atom is -0.444 e. The normalized spacial score (nSPS) is 19.8. The van der Waals surface area contributed by atoms with Gasteiger partial charge in [0.1, 0.15) is 46.8 Å². The third kappa shape index (κ3) is 26.6. The topological polar surface area (TPSA) is 306 Å². The van der Waals surface area contributed by atoms with Gasteiger partial charge in [-0.25, -0.2) is 23.4 Å². The van der Waals surface area contributed by atoms with Crippen LogP contribution in [0.1, 0.15) is 120 Å². The number of hydrogen-bond donors (Lipinski definition) is 3. The maximum atomic E-state index is 12.9. The van der Waals surface area contributed by atoms with Crippen LogP contribution in [0.4, 0.5) is 19.2 Å². The molecule has 3 fully saturated rings. The Balaban J connectivity index is 0.000000167. The minimum absolute atomic E-state index is 0. The van der Waals surface area contributed by atoms with Gasteiger partial charge in [-0.05, 0) is 254 Å². The summed E-state index contributed by atoms with van der Waals surface area (Å²) >= 11 is 47.6. The van der Waals surface area contributed by atoms with E-state index in [1.165, 1.54) is 9.81 Å². The van der Waals surface area contributed by atoms with Gasteiger partial charge in [-0.3, -0.25) is 13.3 Å². The molecule has 5 aliphatic rings. The number of allylic oxidation sites excluding steroid dienone is 1. The van der Waals surface area contributed by atoms with Crippen LogP contribution in [0.25, 0.3) is 103 Å². The molecule has 9 atom stereocenters. The number of aliphatic hydroxyl groups is 2. The van der Waals surface area contributed by atoms with E-state index in [2.05, 4.69) is 41.6 Å². The molecule has 127 heavy (non-hydrogen) atoms. The number of likely N-dealkylation sites (tertiary alicyclic amines) is 2. The van der Waals surface area contributed by atoms with Crippen LogP contribution in [0.15, 0.2) is 170 Å². The van der Waals surface area contributed by atoms with Gasteiger partial charge in [0.15, 0.2) is 0 Å². The zero-order valence-corrected chi connectivity index (χ0v) is 82.7. The summed E-state index contributed by atoms with van der Waals surface area (Å²) in [5.74, 6) is 0. The zero-order valence-electron chi connectivity index (χ0n) is 71.5. The van der Waals surface area contributed by atoms with Crippen LogP contribution in [-0.4, -0.2) is 169 Å². The van der Waals surface area contributed by atoms with E-state index in [9.17, 15) is 33.6 Å². The summed E-state index contributed by atoms with van der Waals surface area (Å²) < 4.78 is 65.5. The number of rotatable bonds is 4. The first-order valence-electron chi connectivity index (χ1n) is 39.8. The third-order valence-corrected chi connectivity index (χ3v) is 22.8. The number of nitrogens with zero attached hydrogens (tertiary/aromatic N) is 9. The van der Waals surface area contributed by atoms with E-state index in [1.807, 2.05) is 219 Å². The molecule has 0 radical (unpaired) electrons. The number of carbonyl (C=O) groups excluding carboxylic acids is 4. The van der Waals surface area contributed by atoms with Gasteiger partial charge >= 0.3 is 65.4 Å². The Bertz CT molecular complexity index is 5960. The molecule has 672 valence electrons. The summed E-state index contributed by atoms with van der Waals surface area (Å²) in [5, 5.41) is 34.6. The maximum Gasteiger partial charge on any atom is 1.00 e. The van der Waals surface area contributed by atoms with E-state index >= 15 is 0 Å². The molecule has 8 heterocycles. The molecule has 4 aromatic heterocycles. The van der Waals surface area contributed by atoms with Crippen molar-refractivity contribution in [1.29, 1.82) is 0 Å². The van der Waals surface area contributed by atoms with Crippen LogP contribution < -0.4 is 29.6 Å². The Labute approximate surface area is 810 Å². The minimum atomic E-state index is -1.88. The molecule has 3 amide bonds. The first-order chi connectivity index (χ1) is 59.2. The van der Waals surface area contributed by atoms with Gasteiger partial charge in [-0.2, -0.15) is 4.21 Å². The Morgan fingerprint density at radius 3 is 1.17 bits per heavy atom. The van der Waals surface area contributed by atoms with Crippen molar-refractivity contribution in [3.05, 3.63) is 226 Å². The number of carbonyl (C=O) groups is 4. The fourth-order valence-electron chi connectivity index (χ4n) is 15.3. The first kappa shape index (κ1) is 102. The molecule has 12 aromatic rings. The average Bonchev–Trinajstić information content (AvgIpc) is 1.59. The van der Waals surface area contributed by atoms with Crippen molar-refractivity contribution in [3.63, 3.8) is 0 Å². The van der Waals surface area contributed by atoms with Crippen LogP contribution in [0.5, 0.6) is 0 Å². The third-order valence-electron chi connectivity index (χ3n) is 20.1. The van der Waals surface area contributed by atoms with E-state index in [-0.39, 0.29) is 73.5 Å². The van der Waals surface area contributed by atoms with Gasteiger partial charge in [0.25, 0.3) is 0 Å². The van der Waals surface area contributed by atoms with Crippen molar-refractivity contribution < 1.29 is 99.4 Å². The number of hydrogen-bond acceptors (Lipinski definition) is 15. The first-order valence-corrected chi connectivity index (χ1v) is 46.6. The van der Waals surface area contributed by atoms with Crippen LogP contribution in [-0.2, 0) is 52.6 Å². The van der Waals surface area contributed by atoms with E-state index in [1.54, 1.807) is 42.7 Å². The van der Waals surface area contributed by atoms with Gasteiger partial charge < -0.3 is 78.3 Å². The van der Waals surface area contributed by atoms with E-state index in [4.69, 9.17) is 140 Å². The predicted molar refractivity (Wildman–Crippen MR) is 508 cm³/mol. The van der Waals surface area contributed by atoms with Crippen LogP contribution in [0.2, 0.25) is 40.2 Å². The van der Waals surface area contributed by atoms with E-state index in [0.717, 1.165) is 117 Å². The second-order valence-electron chi connectivity index (χ2n) is 34.1. The molecule has 17 rings (SSSR count). The summed E-state index contributed by atoms with van der Waals surface area (Å²) in [7, 11) is 7.36. The second kappa shape index (κ2) is 43.5. The van der Waals surface area contributed by atoms with Crippen molar-refractivity contribution in [1.82, 2.24) is 33.4 Å². The molecule has 4 aliphatic heterocycles. The molecule has 1 aliphatic carbocycles. The molecule has 38 heteroatoms. The molecular formula is C89H93Cl10N10NaO15S2. The Morgan fingerprint density at radius 1 is 0.465 bits per heavy atom. The van der Waals surface area contributed by atoms with Crippen LogP contribution in [0.3, 0.4) is 0 Å². The van der Waals surface area contributed by atoms with Crippen molar-refractivity contribution in [3.8, 4) is 0 Å². The molecule has 25 nitrogen and oxygen atoms in total. The van der Waals surface area contributed by atoms with Gasteiger partial charge in [-0.1, -0.05) is 111 Å². The summed E-state index contributed by atoms with van der Waals surface area (Å²) in [6.45, 7) is 23.7. The summed E-state index contributed by atoms with van der Waals surface area (Å²) in [6, 6.07) is 44.7. The SMILES string of the molecule is CC(C)(C)OC(=O)N1CC=C[C@@H](n2c3ccc(Cl)cc3c3cc(Cl)ccc32)C1.CC(C)(C)OC(=O)N1C[C@@H]2OS(=O)O[C@@H]2[C@@H](n2c3ccc(Cl)cc3c3cc(Cl)ccc32)C1.CC(C)(C)OC(=O)N1C[C@H](O)[C@H](O)[C@@H](n2c3ccc(Cl)cc3c3cc(Cl)ccc32)C1.CC(C)(C)OC(=O)OC1C=CCCC1.Clc1ccc2[nH]c3ccc(Cl)cc3c2c1.O=S(Cl)Cl.[N-]=[N+]=[N-].[Na+]. The molecule has 2 unspecified atom stereocenters.